The lowest BCUT2D eigenvalue weighted by molar-refractivity contribution is -0.0357. The first kappa shape index (κ1) is 11.5. The van der Waals surface area contributed by atoms with Crippen LogP contribution in [0.25, 0.3) is 11.1 Å². The third-order valence-corrected chi connectivity index (χ3v) is 3.71. The fraction of sp³-hybridized carbons (Fsp3) is 0.250. The third kappa shape index (κ3) is 1.36. The van der Waals surface area contributed by atoms with Crippen LogP contribution >= 0.6 is 0 Å². The molecule has 0 saturated heterocycles. The van der Waals surface area contributed by atoms with E-state index >= 15 is 0 Å². The highest BCUT2D eigenvalue weighted by Crippen LogP contribution is 2.49. The van der Waals surface area contributed by atoms with Crippen molar-refractivity contribution in [1.82, 2.24) is 0 Å². The monoisotopic (exact) mass is 240 g/mol. The predicted octanol–water partition coefficient (Wildman–Crippen LogP) is 3.20. The molecule has 0 aliphatic heterocycles. The maximum atomic E-state index is 5.87. The van der Waals surface area contributed by atoms with Gasteiger partial charge in [0.1, 0.15) is 5.60 Å². The van der Waals surface area contributed by atoms with Crippen LogP contribution in [0.5, 0.6) is 0 Å². The molecule has 0 fully saturated rings. The highest BCUT2D eigenvalue weighted by molar-refractivity contribution is 5.80. The first-order valence-corrected chi connectivity index (χ1v) is 6.07. The number of benzene rings is 2. The quantitative estimate of drug-likeness (QED) is 0.820. The summed E-state index contributed by atoms with van der Waals surface area (Å²) in [4.78, 5) is 0. The van der Waals surface area contributed by atoms with Gasteiger partial charge in [0.05, 0.1) is 6.61 Å². The van der Waals surface area contributed by atoms with Gasteiger partial charge in [-0.3, -0.25) is 0 Å². The van der Waals surface area contributed by atoms with Crippen LogP contribution in [0.2, 0.25) is 0 Å². The molecular formula is C16H16O2. The van der Waals surface area contributed by atoms with Crippen molar-refractivity contribution in [2.75, 3.05) is 20.8 Å². The molecule has 1 aliphatic carbocycles. The summed E-state index contributed by atoms with van der Waals surface area (Å²) < 4.78 is 11.3. The Morgan fingerprint density at radius 1 is 0.833 bits per heavy atom. The summed E-state index contributed by atoms with van der Waals surface area (Å²) in [5, 5.41) is 0. The van der Waals surface area contributed by atoms with Crippen molar-refractivity contribution in [1.29, 1.82) is 0 Å². The number of methoxy groups -OCH3 is 2. The molecule has 0 amide bonds. The summed E-state index contributed by atoms with van der Waals surface area (Å²) in [5.74, 6) is 0. The van der Waals surface area contributed by atoms with Crippen molar-refractivity contribution in [3.63, 3.8) is 0 Å². The van der Waals surface area contributed by atoms with E-state index in [9.17, 15) is 0 Å². The fourth-order valence-electron chi connectivity index (χ4n) is 2.92. The van der Waals surface area contributed by atoms with E-state index in [0.29, 0.717) is 6.61 Å². The second-order valence-corrected chi connectivity index (χ2v) is 4.56. The van der Waals surface area contributed by atoms with Gasteiger partial charge in [-0.25, -0.2) is 0 Å². The molecule has 0 radical (unpaired) electrons. The topological polar surface area (TPSA) is 18.5 Å². The molecule has 92 valence electrons. The average molecular weight is 240 g/mol. The van der Waals surface area contributed by atoms with Gasteiger partial charge in [0.25, 0.3) is 0 Å². The Kier molecular flexibility index (Phi) is 2.69. The minimum absolute atomic E-state index is 0.470. The molecule has 0 unspecified atom stereocenters. The van der Waals surface area contributed by atoms with E-state index < -0.39 is 5.60 Å². The van der Waals surface area contributed by atoms with Crippen LogP contribution in [-0.4, -0.2) is 20.8 Å². The normalized spacial score (nSPS) is 15.2. The summed E-state index contributed by atoms with van der Waals surface area (Å²) in [5.41, 5.74) is 4.40. The van der Waals surface area contributed by atoms with Crippen LogP contribution in [0.3, 0.4) is 0 Å². The standard InChI is InChI=1S/C16H16O2/c1-17-11-16(18-2)14-9-5-3-7-12(14)13-8-4-6-10-15(13)16/h3-10H,11H2,1-2H3. The van der Waals surface area contributed by atoms with Gasteiger partial charge < -0.3 is 9.47 Å². The van der Waals surface area contributed by atoms with E-state index in [1.54, 1.807) is 14.2 Å². The van der Waals surface area contributed by atoms with E-state index in [2.05, 4.69) is 36.4 Å². The van der Waals surface area contributed by atoms with Crippen molar-refractivity contribution in [2.45, 2.75) is 5.60 Å². The summed E-state index contributed by atoms with van der Waals surface area (Å²) >= 11 is 0. The predicted molar refractivity (Wildman–Crippen MR) is 71.5 cm³/mol. The number of ether oxygens (including phenoxy) is 2. The molecule has 1 aliphatic rings. The first-order chi connectivity index (χ1) is 8.83. The lowest BCUT2D eigenvalue weighted by Gasteiger charge is -2.29. The second-order valence-electron chi connectivity index (χ2n) is 4.56. The summed E-state index contributed by atoms with van der Waals surface area (Å²) in [6.45, 7) is 0.525. The van der Waals surface area contributed by atoms with Crippen molar-refractivity contribution >= 4 is 0 Å². The first-order valence-electron chi connectivity index (χ1n) is 6.07. The van der Waals surface area contributed by atoms with E-state index in [-0.39, 0.29) is 0 Å². The van der Waals surface area contributed by atoms with Gasteiger partial charge in [-0.1, -0.05) is 48.5 Å². The zero-order valence-corrected chi connectivity index (χ0v) is 10.6. The van der Waals surface area contributed by atoms with E-state index in [1.165, 1.54) is 22.3 Å². The SMILES string of the molecule is COCC1(OC)c2ccccc2-c2ccccc21. The van der Waals surface area contributed by atoms with E-state index in [4.69, 9.17) is 9.47 Å². The second kappa shape index (κ2) is 4.23. The maximum absolute atomic E-state index is 5.87. The summed E-state index contributed by atoms with van der Waals surface area (Å²) in [6, 6.07) is 16.8. The molecule has 2 heteroatoms. The lowest BCUT2D eigenvalue weighted by atomic mass is 9.92. The largest absolute Gasteiger partial charge is 0.381 e. The van der Waals surface area contributed by atoms with Crippen LogP contribution in [0, 0.1) is 0 Å². The molecule has 0 aromatic heterocycles. The number of rotatable bonds is 3. The van der Waals surface area contributed by atoms with Gasteiger partial charge in [0, 0.05) is 14.2 Å². The molecule has 3 rings (SSSR count). The molecule has 2 aromatic rings. The van der Waals surface area contributed by atoms with Gasteiger partial charge in [0.2, 0.25) is 0 Å². The van der Waals surface area contributed by atoms with Gasteiger partial charge in [-0.2, -0.15) is 0 Å². The Labute approximate surface area is 107 Å². The van der Waals surface area contributed by atoms with Gasteiger partial charge in [0.15, 0.2) is 0 Å². The van der Waals surface area contributed by atoms with Crippen LogP contribution in [-0.2, 0) is 15.1 Å². The number of hydrogen-bond donors (Lipinski definition) is 0. The minimum atomic E-state index is -0.470. The Morgan fingerprint density at radius 2 is 1.33 bits per heavy atom. The molecule has 0 spiro atoms. The molecule has 0 atom stereocenters. The Morgan fingerprint density at radius 3 is 1.78 bits per heavy atom. The molecular weight excluding hydrogens is 224 g/mol. The van der Waals surface area contributed by atoms with Crippen molar-refractivity contribution in [3.05, 3.63) is 59.7 Å². The van der Waals surface area contributed by atoms with Crippen LogP contribution in [0.1, 0.15) is 11.1 Å². The Bertz CT molecular complexity index is 529. The minimum Gasteiger partial charge on any atom is -0.381 e. The van der Waals surface area contributed by atoms with Gasteiger partial charge >= 0.3 is 0 Å². The van der Waals surface area contributed by atoms with E-state index in [0.717, 1.165) is 0 Å². The Balaban J connectivity index is 2.32. The zero-order chi connectivity index (χ0) is 12.6. The van der Waals surface area contributed by atoms with Gasteiger partial charge in [-0.15, -0.1) is 0 Å². The summed E-state index contributed by atoms with van der Waals surface area (Å²) in [7, 11) is 3.46. The van der Waals surface area contributed by atoms with Crippen LogP contribution in [0.15, 0.2) is 48.5 Å². The van der Waals surface area contributed by atoms with Gasteiger partial charge in [-0.05, 0) is 22.3 Å². The molecule has 0 N–H and O–H groups in total. The summed E-state index contributed by atoms with van der Waals surface area (Å²) in [6.07, 6.45) is 0. The number of fused-ring (bicyclic) bond motifs is 3. The van der Waals surface area contributed by atoms with Crippen molar-refractivity contribution in [2.24, 2.45) is 0 Å². The molecule has 2 nitrogen and oxygen atoms in total. The maximum Gasteiger partial charge on any atom is 0.142 e. The van der Waals surface area contributed by atoms with Crippen LogP contribution in [0.4, 0.5) is 0 Å². The number of hydrogen-bond acceptors (Lipinski definition) is 2. The van der Waals surface area contributed by atoms with Crippen LogP contribution < -0.4 is 0 Å². The Hall–Kier alpha value is -1.64. The zero-order valence-electron chi connectivity index (χ0n) is 10.6. The third-order valence-electron chi connectivity index (χ3n) is 3.71. The molecule has 0 bridgehead atoms. The average Bonchev–Trinajstić information content (AvgIpc) is 2.72. The molecule has 2 aromatic carbocycles. The highest BCUT2D eigenvalue weighted by atomic mass is 16.5. The smallest absolute Gasteiger partial charge is 0.142 e. The van der Waals surface area contributed by atoms with Crippen molar-refractivity contribution < 1.29 is 9.47 Å². The molecule has 18 heavy (non-hydrogen) atoms. The fourth-order valence-corrected chi connectivity index (χ4v) is 2.92. The molecule has 0 heterocycles. The molecule has 0 saturated carbocycles. The lowest BCUT2D eigenvalue weighted by Crippen LogP contribution is -2.32. The highest BCUT2D eigenvalue weighted by Gasteiger charge is 2.43. The van der Waals surface area contributed by atoms with Crippen molar-refractivity contribution in [3.8, 4) is 11.1 Å². The van der Waals surface area contributed by atoms with E-state index in [1.807, 2.05) is 12.1 Å².